The van der Waals surface area contributed by atoms with E-state index in [1.165, 1.54) is 0 Å². The first-order valence-corrected chi connectivity index (χ1v) is 11.1. The van der Waals surface area contributed by atoms with Gasteiger partial charge in [-0.1, -0.05) is 23.4 Å². The fraction of sp³-hybridized carbons (Fsp3) is 0.240. The van der Waals surface area contributed by atoms with Gasteiger partial charge in [-0.25, -0.2) is 5.43 Å². The Morgan fingerprint density at radius 3 is 2.76 bits per heavy atom. The summed E-state index contributed by atoms with van der Waals surface area (Å²) in [7, 11) is 0. The van der Waals surface area contributed by atoms with Crippen LogP contribution in [-0.4, -0.2) is 43.8 Å². The molecule has 1 amide bonds. The van der Waals surface area contributed by atoms with Crippen LogP contribution in [0.4, 0.5) is 0 Å². The number of aryl methyl sites for hydroxylation is 1. The maximum Gasteiger partial charge on any atom is 0.271 e. The highest BCUT2D eigenvalue weighted by Gasteiger charge is 2.29. The van der Waals surface area contributed by atoms with Gasteiger partial charge in [0.25, 0.3) is 5.91 Å². The van der Waals surface area contributed by atoms with Crippen molar-refractivity contribution in [3.8, 4) is 5.75 Å². The molecule has 0 bridgehead atoms. The predicted molar refractivity (Wildman–Crippen MR) is 127 cm³/mol. The van der Waals surface area contributed by atoms with Gasteiger partial charge in [-0.15, -0.1) is 5.10 Å². The number of aromatic nitrogens is 4. The monoisotopic (exact) mass is 458 g/mol. The summed E-state index contributed by atoms with van der Waals surface area (Å²) in [6.45, 7) is 1.28. The van der Waals surface area contributed by atoms with Crippen molar-refractivity contribution in [1.82, 2.24) is 25.4 Å². The van der Waals surface area contributed by atoms with Gasteiger partial charge in [0.05, 0.1) is 19.0 Å². The van der Waals surface area contributed by atoms with Gasteiger partial charge in [0.15, 0.2) is 0 Å². The maximum absolute atomic E-state index is 11.9. The van der Waals surface area contributed by atoms with Crippen LogP contribution in [0.2, 0.25) is 0 Å². The molecule has 1 atom stereocenters. The minimum atomic E-state index is -1.07. The van der Waals surface area contributed by atoms with Crippen molar-refractivity contribution in [2.45, 2.75) is 31.4 Å². The number of hydrogen-bond acceptors (Lipinski definition) is 7. The Kier molecular flexibility index (Phi) is 7.56. The molecule has 9 heteroatoms. The topological polar surface area (TPSA) is 115 Å². The van der Waals surface area contributed by atoms with Crippen molar-refractivity contribution >= 4 is 12.1 Å². The van der Waals surface area contributed by atoms with Crippen LogP contribution >= 0.6 is 0 Å². The molecule has 9 nitrogen and oxygen atoms in total. The highest BCUT2D eigenvalue weighted by atomic mass is 16.5. The number of amides is 1. The molecule has 0 spiro atoms. The normalized spacial score (nSPS) is 17.2. The SMILES string of the molecule is O=C(N/N=C/c1ccc(OCCCCn2cc(C3(O)C=CC=CC3)nn2)cc1)c1ccncc1. The highest BCUT2D eigenvalue weighted by molar-refractivity contribution is 5.94. The molecule has 0 fully saturated rings. The van der Waals surface area contributed by atoms with Crippen molar-refractivity contribution in [3.05, 3.63) is 96.1 Å². The Morgan fingerprint density at radius 2 is 2.00 bits per heavy atom. The van der Waals surface area contributed by atoms with Gasteiger partial charge in [0, 0.05) is 30.9 Å². The third-order valence-corrected chi connectivity index (χ3v) is 5.28. The summed E-state index contributed by atoms with van der Waals surface area (Å²) in [5.41, 5.74) is 3.31. The lowest BCUT2D eigenvalue weighted by Crippen LogP contribution is -2.23. The number of aliphatic hydroxyl groups is 1. The molecule has 2 N–H and O–H groups in total. The number of nitrogens with zero attached hydrogens (tertiary/aromatic N) is 5. The molecule has 3 aromatic rings. The minimum absolute atomic E-state index is 0.292. The van der Waals surface area contributed by atoms with E-state index in [-0.39, 0.29) is 5.91 Å². The number of hydrogen-bond donors (Lipinski definition) is 2. The Bertz CT molecular complexity index is 1170. The molecule has 1 unspecified atom stereocenters. The summed E-state index contributed by atoms with van der Waals surface area (Å²) in [6.07, 6.45) is 16.1. The zero-order valence-corrected chi connectivity index (χ0v) is 18.6. The summed E-state index contributed by atoms with van der Waals surface area (Å²) < 4.78 is 7.54. The number of allylic oxidation sites excluding steroid dienone is 2. The Balaban J connectivity index is 1.15. The maximum atomic E-state index is 11.9. The molecular weight excluding hydrogens is 432 g/mol. The number of hydrazone groups is 1. The van der Waals surface area contributed by atoms with E-state index in [4.69, 9.17) is 4.74 Å². The Morgan fingerprint density at radius 1 is 1.18 bits per heavy atom. The van der Waals surface area contributed by atoms with E-state index in [0.717, 1.165) is 24.2 Å². The van der Waals surface area contributed by atoms with Crippen LogP contribution in [-0.2, 0) is 12.1 Å². The third-order valence-electron chi connectivity index (χ3n) is 5.28. The third kappa shape index (κ3) is 6.23. The fourth-order valence-electron chi connectivity index (χ4n) is 3.35. The van der Waals surface area contributed by atoms with E-state index in [1.807, 2.05) is 42.5 Å². The molecule has 0 aliphatic heterocycles. The second-order valence-corrected chi connectivity index (χ2v) is 7.84. The van der Waals surface area contributed by atoms with Gasteiger partial charge >= 0.3 is 0 Å². The van der Waals surface area contributed by atoms with Gasteiger partial charge in [-0.2, -0.15) is 5.10 Å². The van der Waals surface area contributed by atoms with Crippen LogP contribution in [0.25, 0.3) is 0 Å². The molecule has 0 saturated carbocycles. The molecule has 1 aliphatic carbocycles. The van der Waals surface area contributed by atoms with Crippen LogP contribution in [0.3, 0.4) is 0 Å². The van der Waals surface area contributed by atoms with Gasteiger partial charge in [0.2, 0.25) is 0 Å². The first kappa shape index (κ1) is 23.1. The number of unbranched alkanes of at least 4 members (excludes halogenated alkanes) is 1. The van der Waals surface area contributed by atoms with Crippen molar-refractivity contribution < 1.29 is 14.6 Å². The number of benzene rings is 1. The Hall–Kier alpha value is -4.11. The van der Waals surface area contributed by atoms with Crippen molar-refractivity contribution in [2.24, 2.45) is 5.10 Å². The molecule has 2 heterocycles. The second kappa shape index (κ2) is 11.2. The van der Waals surface area contributed by atoms with E-state index in [1.54, 1.807) is 47.7 Å². The highest BCUT2D eigenvalue weighted by Crippen LogP contribution is 2.27. The van der Waals surface area contributed by atoms with Crippen LogP contribution in [0.5, 0.6) is 5.75 Å². The molecule has 174 valence electrons. The first-order chi connectivity index (χ1) is 16.6. The van der Waals surface area contributed by atoms with Crippen LogP contribution in [0.1, 0.15) is 40.9 Å². The lowest BCUT2D eigenvalue weighted by Gasteiger charge is -2.21. The summed E-state index contributed by atoms with van der Waals surface area (Å²) in [5.74, 6) is 0.472. The van der Waals surface area contributed by atoms with Crippen LogP contribution in [0, 0.1) is 0 Å². The average Bonchev–Trinajstić information content (AvgIpc) is 3.36. The molecule has 1 aliphatic rings. The second-order valence-electron chi connectivity index (χ2n) is 7.84. The molecule has 4 rings (SSSR count). The lowest BCUT2D eigenvalue weighted by atomic mass is 9.92. The van der Waals surface area contributed by atoms with E-state index >= 15 is 0 Å². The van der Waals surface area contributed by atoms with Gasteiger partial charge in [0.1, 0.15) is 17.0 Å². The predicted octanol–water partition coefficient (Wildman–Crippen LogP) is 3.00. The largest absolute Gasteiger partial charge is 0.494 e. The smallest absolute Gasteiger partial charge is 0.271 e. The number of nitrogens with one attached hydrogen (secondary N) is 1. The standard InChI is InChI=1S/C25H26N6O3/c32-24(21-10-14-26-15-11-21)29-27-18-20-6-8-22(9-7-20)34-17-5-4-16-31-19-23(28-30-31)25(33)12-2-1-3-13-25/h1-3,6-12,14-15,18-19,33H,4-5,13,16-17H2,(H,29,32)/b27-18+. The van der Waals surface area contributed by atoms with Crippen LogP contribution < -0.4 is 10.2 Å². The first-order valence-electron chi connectivity index (χ1n) is 11.1. The summed E-state index contributed by atoms with van der Waals surface area (Å²) >= 11 is 0. The number of carbonyl (C=O) groups is 1. The van der Waals surface area contributed by atoms with E-state index in [0.29, 0.717) is 30.8 Å². The molecule has 1 aromatic carbocycles. The lowest BCUT2D eigenvalue weighted by molar-refractivity contribution is 0.0867. The molecule has 0 saturated heterocycles. The van der Waals surface area contributed by atoms with E-state index in [9.17, 15) is 9.90 Å². The van der Waals surface area contributed by atoms with Crippen molar-refractivity contribution in [2.75, 3.05) is 6.61 Å². The molecule has 34 heavy (non-hydrogen) atoms. The van der Waals surface area contributed by atoms with Crippen molar-refractivity contribution in [3.63, 3.8) is 0 Å². The number of rotatable bonds is 10. The minimum Gasteiger partial charge on any atom is -0.494 e. The van der Waals surface area contributed by atoms with E-state index in [2.05, 4.69) is 25.8 Å². The zero-order chi connectivity index (χ0) is 23.6. The summed E-state index contributed by atoms with van der Waals surface area (Å²) in [5, 5.41) is 22.8. The van der Waals surface area contributed by atoms with Crippen LogP contribution in [0.15, 0.2) is 84.4 Å². The number of ether oxygens (including phenoxy) is 1. The fourth-order valence-corrected chi connectivity index (χ4v) is 3.35. The molecule has 0 radical (unpaired) electrons. The summed E-state index contributed by atoms with van der Waals surface area (Å²) in [6, 6.07) is 10.7. The number of carbonyl (C=O) groups excluding carboxylic acids is 1. The average molecular weight is 459 g/mol. The number of pyridine rings is 1. The molecular formula is C25H26N6O3. The van der Waals surface area contributed by atoms with Gasteiger partial charge in [-0.05, 0) is 60.9 Å². The van der Waals surface area contributed by atoms with Crippen molar-refractivity contribution in [1.29, 1.82) is 0 Å². The molecule has 2 aromatic heterocycles. The van der Waals surface area contributed by atoms with Gasteiger partial charge < -0.3 is 9.84 Å². The summed E-state index contributed by atoms with van der Waals surface area (Å²) in [4.78, 5) is 15.8. The Labute approximate surface area is 197 Å². The quantitative estimate of drug-likeness (QED) is 0.274. The van der Waals surface area contributed by atoms with Gasteiger partial charge in [-0.3, -0.25) is 14.5 Å². The zero-order valence-electron chi connectivity index (χ0n) is 18.6. The van der Waals surface area contributed by atoms with E-state index < -0.39 is 5.60 Å².